The van der Waals surface area contributed by atoms with Gasteiger partial charge in [0.15, 0.2) is 0 Å². The van der Waals surface area contributed by atoms with E-state index in [0.29, 0.717) is 0 Å². The van der Waals surface area contributed by atoms with E-state index in [1.54, 1.807) is 0 Å². The molecule has 0 bridgehead atoms. The zero-order valence-corrected chi connectivity index (χ0v) is 44.5. The van der Waals surface area contributed by atoms with Gasteiger partial charge in [-0.05, 0) is 152 Å². The van der Waals surface area contributed by atoms with Crippen molar-refractivity contribution < 1.29 is 0 Å². The molecular weight excluding hydrogens is 870 g/mol. The Morgan fingerprint density at radius 3 is 1.67 bits per heavy atom. The normalized spacial score (nSPS) is 19.1. The standard InChI is InChI=1S/C68H70BN3/c1-64(2,3)48-29-32-51(33-30-48)70-60-44-52(72-58-27-19-18-26-54(58)67(10)38-20-21-39-68(67,72)11)34-35-55(60)69-56-40-47(45-22-14-12-15-23-45)28-36-59(56)71(62-43-50(66(7,8)9)42-61(70)63(62)69)57-37-31-49(65(4,5)6)41-53(57)46-24-16-13-17-25-46/h12-19,22-37,40-44H,20-21,38-39H2,1-11H3. The molecule has 8 aromatic rings. The molecule has 0 aromatic heterocycles. The smallest absolute Gasteiger partial charge is 0.252 e. The lowest BCUT2D eigenvalue weighted by Crippen LogP contribution is -2.61. The topological polar surface area (TPSA) is 9.72 Å². The zero-order valence-electron chi connectivity index (χ0n) is 44.5. The van der Waals surface area contributed by atoms with E-state index < -0.39 is 0 Å². The monoisotopic (exact) mass is 940 g/mol. The summed E-state index contributed by atoms with van der Waals surface area (Å²) in [5, 5.41) is 0. The Morgan fingerprint density at radius 1 is 0.403 bits per heavy atom. The molecule has 0 radical (unpaired) electrons. The third-order valence-corrected chi connectivity index (χ3v) is 17.5. The summed E-state index contributed by atoms with van der Waals surface area (Å²) in [6, 6.07) is 68.1. The maximum Gasteiger partial charge on any atom is 0.252 e. The number of anilines is 8. The van der Waals surface area contributed by atoms with Crippen LogP contribution in [-0.4, -0.2) is 12.3 Å². The molecule has 4 aliphatic rings. The molecule has 1 aliphatic carbocycles. The number of benzene rings is 8. The highest BCUT2D eigenvalue weighted by Gasteiger charge is 2.58. The van der Waals surface area contributed by atoms with Gasteiger partial charge in [-0.25, -0.2) is 0 Å². The lowest BCUT2D eigenvalue weighted by molar-refractivity contribution is 0.195. The molecule has 1 fully saturated rings. The zero-order chi connectivity index (χ0) is 50.1. The van der Waals surface area contributed by atoms with Crippen LogP contribution in [0.1, 0.15) is 124 Å². The van der Waals surface area contributed by atoms with Crippen molar-refractivity contribution in [2.75, 3.05) is 14.7 Å². The molecule has 72 heavy (non-hydrogen) atoms. The largest absolute Gasteiger partial charge is 0.334 e. The molecule has 2 unspecified atom stereocenters. The molecule has 0 saturated heterocycles. The first-order valence-electron chi connectivity index (χ1n) is 26.7. The summed E-state index contributed by atoms with van der Waals surface area (Å²) in [4.78, 5) is 8.03. The minimum atomic E-state index is -0.147. The van der Waals surface area contributed by atoms with Crippen LogP contribution in [0, 0.1) is 0 Å². The highest BCUT2D eigenvalue weighted by atomic mass is 15.3. The van der Waals surface area contributed by atoms with Gasteiger partial charge in [-0.2, -0.15) is 0 Å². The number of para-hydroxylation sites is 1. The predicted molar refractivity (Wildman–Crippen MR) is 310 cm³/mol. The van der Waals surface area contributed by atoms with Crippen LogP contribution in [0.4, 0.5) is 45.5 Å². The molecule has 360 valence electrons. The first-order chi connectivity index (χ1) is 34.3. The summed E-state index contributed by atoms with van der Waals surface area (Å²) in [7, 11) is 0. The van der Waals surface area contributed by atoms with Gasteiger partial charge in [-0.3, -0.25) is 0 Å². The fourth-order valence-corrected chi connectivity index (χ4v) is 13.2. The summed E-state index contributed by atoms with van der Waals surface area (Å²) >= 11 is 0. The van der Waals surface area contributed by atoms with Crippen LogP contribution >= 0.6 is 0 Å². The Bertz CT molecular complexity index is 3410. The molecule has 0 spiro atoms. The summed E-state index contributed by atoms with van der Waals surface area (Å²) in [6.45, 7) is 26.1. The number of hydrogen-bond donors (Lipinski definition) is 0. The molecule has 12 rings (SSSR count). The lowest BCUT2D eigenvalue weighted by atomic mass is 9.33. The van der Waals surface area contributed by atoms with E-state index >= 15 is 0 Å². The highest BCUT2D eigenvalue weighted by Crippen LogP contribution is 2.61. The minimum Gasteiger partial charge on any atom is -0.334 e. The Kier molecular flexibility index (Phi) is 10.5. The van der Waals surface area contributed by atoms with E-state index in [2.05, 4.69) is 267 Å². The van der Waals surface area contributed by atoms with E-state index in [0.717, 1.165) is 6.42 Å². The third-order valence-electron chi connectivity index (χ3n) is 17.5. The van der Waals surface area contributed by atoms with Crippen molar-refractivity contribution in [3.05, 3.63) is 198 Å². The van der Waals surface area contributed by atoms with E-state index in [1.807, 2.05) is 0 Å². The fraction of sp³-hybridized carbons (Fsp3) is 0.294. The molecule has 3 nitrogen and oxygen atoms in total. The SMILES string of the molecule is CC(C)(C)c1ccc(N2c3cc(N4c5ccccc5C5(C)CCCCC45C)ccc3B3c4cc(-c5ccccc5)ccc4N(c4ccc(C(C)(C)C)cc4-c4ccccc4)c4cc(C(C)(C)C)cc2c43)cc1. The third kappa shape index (κ3) is 7.14. The van der Waals surface area contributed by atoms with Crippen LogP contribution < -0.4 is 31.1 Å². The van der Waals surface area contributed by atoms with E-state index in [9.17, 15) is 0 Å². The average molecular weight is 940 g/mol. The van der Waals surface area contributed by atoms with Crippen molar-refractivity contribution in [3.8, 4) is 22.3 Å². The second-order valence-corrected chi connectivity index (χ2v) is 25.0. The van der Waals surface area contributed by atoms with Gasteiger partial charge < -0.3 is 14.7 Å². The molecule has 0 N–H and O–H groups in total. The second kappa shape index (κ2) is 16.4. The van der Waals surface area contributed by atoms with E-state index in [1.165, 1.54) is 126 Å². The van der Waals surface area contributed by atoms with Gasteiger partial charge in [0.25, 0.3) is 6.71 Å². The molecule has 0 amide bonds. The molecule has 4 heteroatoms. The van der Waals surface area contributed by atoms with Gasteiger partial charge in [0.1, 0.15) is 0 Å². The van der Waals surface area contributed by atoms with Gasteiger partial charge in [-0.15, -0.1) is 0 Å². The van der Waals surface area contributed by atoms with Crippen LogP contribution in [0.2, 0.25) is 0 Å². The number of hydrogen-bond acceptors (Lipinski definition) is 3. The van der Waals surface area contributed by atoms with Crippen LogP contribution in [0.25, 0.3) is 22.3 Å². The summed E-state index contributed by atoms with van der Waals surface area (Å²) in [5.41, 5.74) is 24.1. The van der Waals surface area contributed by atoms with Gasteiger partial charge >= 0.3 is 0 Å². The van der Waals surface area contributed by atoms with Gasteiger partial charge in [0.2, 0.25) is 0 Å². The van der Waals surface area contributed by atoms with Crippen molar-refractivity contribution in [2.24, 2.45) is 0 Å². The quantitative estimate of drug-likeness (QED) is 0.159. The van der Waals surface area contributed by atoms with Crippen LogP contribution in [0.15, 0.2) is 176 Å². The molecular formula is C68H70BN3. The van der Waals surface area contributed by atoms with Crippen molar-refractivity contribution in [1.29, 1.82) is 0 Å². The fourth-order valence-electron chi connectivity index (χ4n) is 13.2. The van der Waals surface area contributed by atoms with Crippen molar-refractivity contribution in [3.63, 3.8) is 0 Å². The second-order valence-electron chi connectivity index (χ2n) is 25.0. The first-order valence-corrected chi connectivity index (χ1v) is 26.7. The summed E-state index contributed by atoms with van der Waals surface area (Å²) in [6.07, 6.45) is 4.86. The van der Waals surface area contributed by atoms with Gasteiger partial charge in [-0.1, -0.05) is 197 Å². The first kappa shape index (κ1) is 46.3. The average Bonchev–Trinajstić information content (AvgIpc) is 3.58. The molecule has 2 atom stereocenters. The van der Waals surface area contributed by atoms with Crippen molar-refractivity contribution in [2.45, 2.75) is 129 Å². The molecule has 3 aliphatic heterocycles. The van der Waals surface area contributed by atoms with E-state index in [4.69, 9.17) is 0 Å². The Labute approximate surface area is 430 Å². The Morgan fingerprint density at radius 2 is 0.986 bits per heavy atom. The summed E-state index contributed by atoms with van der Waals surface area (Å²) in [5.74, 6) is 0. The molecule has 1 saturated carbocycles. The summed E-state index contributed by atoms with van der Waals surface area (Å²) < 4.78 is 0. The predicted octanol–water partition coefficient (Wildman–Crippen LogP) is 16.7. The van der Waals surface area contributed by atoms with Gasteiger partial charge in [0, 0.05) is 50.8 Å². The Hall–Kier alpha value is -6.78. The maximum absolute atomic E-state index is 2.76. The van der Waals surface area contributed by atoms with E-state index in [-0.39, 0.29) is 33.9 Å². The number of rotatable bonds is 5. The molecule has 8 aromatic carbocycles. The Balaban J connectivity index is 1.18. The maximum atomic E-state index is 2.76. The van der Waals surface area contributed by atoms with Crippen LogP contribution in [0.3, 0.4) is 0 Å². The van der Waals surface area contributed by atoms with Crippen molar-refractivity contribution in [1.82, 2.24) is 0 Å². The van der Waals surface area contributed by atoms with Gasteiger partial charge in [0.05, 0.1) is 11.2 Å². The highest BCUT2D eigenvalue weighted by molar-refractivity contribution is 7.00. The molecule has 3 heterocycles. The van der Waals surface area contributed by atoms with Crippen molar-refractivity contribution >= 4 is 68.6 Å². The number of fused-ring (bicyclic) bond motifs is 7. The van der Waals surface area contributed by atoms with Crippen LogP contribution in [-0.2, 0) is 21.7 Å². The van der Waals surface area contributed by atoms with Crippen LogP contribution in [0.5, 0.6) is 0 Å². The minimum absolute atomic E-state index is 0.0207. The lowest BCUT2D eigenvalue weighted by Gasteiger charge is -2.50. The number of nitrogens with zero attached hydrogens (tertiary/aromatic N) is 3.